The third-order valence-electron chi connectivity index (χ3n) is 6.33. The van der Waals surface area contributed by atoms with Crippen molar-refractivity contribution in [1.29, 1.82) is 0 Å². The molecule has 12 heteroatoms. The Bertz CT molecular complexity index is 1430. The van der Waals surface area contributed by atoms with Crippen LogP contribution >= 0.6 is 0 Å². The third kappa shape index (κ3) is 3.21. The predicted octanol–water partition coefficient (Wildman–Crippen LogP) is 1.86. The molecule has 0 radical (unpaired) electrons. The van der Waals surface area contributed by atoms with Crippen molar-refractivity contribution in [3.8, 4) is 11.3 Å². The number of hydrogen-bond acceptors (Lipinski definition) is 7. The molecule has 4 aromatic heterocycles. The van der Waals surface area contributed by atoms with E-state index in [1.807, 2.05) is 6.07 Å². The number of rotatable bonds is 5. The number of aliphatic hydroxyl groups excluding tert-OH is 1. The van der Waals surface area contributed by atoms with Gasteiger partial charge in [-0.2, -0.15) is 9.61 Å². The topological polar surface area (TPSA) is 119 Å². The van der Waals surface area contributed by atoms with Crippen LogP contribution in [0.5, 0.6) is 0 Å². The summed E-state index contributed by atoms with van der Waals surface area (Å²) in [5.74, 6) is -2.65. The van der Waals surface area contributed by atoms with Crippen molar-refractivity contribution in [3.05, 3.63) is 42.4 Å². The fourth-order valence-corrected chi connectivity index (χ4v) is 4.39. The number of hydrogen-bond donors (Lipinski definition) is 3. The highest BCUT2D eigenvalue weighted by atomic mass is 19.3. The molecule has 0 spiro atoms. The second-order valence-corrected chi connectivity index (χ2v) is 8.56. The highest BCUT2D eigenvalue weighted by Crippen LogP contribution is 2.54. The summed E-state index contributed by atoms with van der Waals surface area (Å²) in [7, 11) is 1.71. The SMILES string of the molecule is CNc1cc(-c2cn([C@H]3CC3(F)F)c3ncccc23)nc2c(C(=O)NC3COC[C@H]3O)cnn12. The summed E-state index contributed by atoms with van der Waals surface area (Å²) < 4.78 is 36.0. The third-order valence-corrected chi connectivity index (χ3v) is 6.33. The highest BCUT2D eigenvalue weighted by Gasteiger charge is 2.58. The van der Waals surface area contributed by atoms with Crippen molar-refractivity contribution in [3.63, 3.8) is 0 Å². The van der Waals surface area contributed by atoms with Crippen LogP contribution in [0.15, 0.2) is 36.8 Å². The maximum absolute atomic E-state index is 13.9. The van der Waals surface area contributed by atoms with Crippen molar-refractivity contribution in [2.75, 3.05) is 25.6 Å². The van der Waals surface area contributed by atoms with Crippen LogP contribution in [0, 0.1) is 0 Å². The molecule has 2 aliphatic rings. The Hall–Kier alpha value is -3.64. The van der Waals surface area contributed by atoms with Crippen LogP contribution in [-0.2, 0) is 4.74 Å². The van der Waals surface area contributed by atoms with Gasteiger partial charge in [0.1, 0.15) is 23.1 Å². The van der Waals surface area contributed by atoms with Crippen LogP contribution in [0.25, 0.3) is 27.9 Å². The molecule has 1 amide bonds. The molecule has 10 nitrogen and oxygen atoms in total. The highest BCUT2D eigenvalue weighted by molar-refractivity contribution is 6.01. The Labute approximate surface area is 191 Å². The molecule has 0 aromatic carbocycles. The standard InChI is InChI=1S/C22H21F2N7O3/c1-25-18-5-14(13-8-30(17-6-22(17,23)24)19-11(13)3-2-4-26-19)28-20-12(7-27-31(18)20)21(33)29-15-9-34-10-16(15)32/h2-5,7-8,15-17,25,32H,6,9-10H2,1H3,(H,29,33)/t15?,16-,17+/m1/s1. The fraction of sp³-hybridized carbons (Fsp3) is 0.364. The number of halogens is 2. The predicted molar refractivity (Wildman–Crippen MR) is 118 cm³/mol. The molecule has 1 aliphatic heterocycles. The average Bonchev–Trinajstić information content (AvgIpc) is 3.22. The number of aliphatic hydroxyl groups is 1. The van der Waals surface area contributed by atoms with Crippen LogP contribution in [-0.4, -0.2) is 73.5 Å². The molecule has 3 atom stereocenters. The van der Waals surface area contributed by atoms with Crippen LogP contribution < -0.4 is 10.6 Å². The first kappa shape index (κ1) is 20.9. The second kappa shape index (κ2) is 7.43. The quantitative estimate of drug-likeness (QED) is 0.408. The molecule has 6 rings (SSSR count). The lowest BCUT2D eigenvalue weighted by Crippen LogP contribution is -2.42. The second-order valence-electron chi connectivity index (χ2n) is 8.56. The molecule has 176 valence electrons. The van der Waals surface area contributed by atoms with Gasteiger partial charge < -0.3 is 25.0 Å². The van der Waals surface area contributed by atoms with E-state index >= 15 is 0 Å². The molecule has 0 bridgehead atoms. The van der Waals surface area contributed by atoms with E-state index in [1.54, 1.807) is 31.6 Å². The lowest BCUT2D eigenvalue weighted by atomic mass is 10.1. The molecule has 5 heterocycles. The van der Waals surface area contributed by atoms with Crippen LogP contribution in [0.2, 0.25) is 0 Å². The summed E-state index contributed by atoms with van der Waals surface area (Å²) in [5.41, 5.74) is 2.06. The van der Waals surface area contributed by atoms with Gasteiger partial charge >= 0.3 is 0 Å². The molecule has 34 heavy (non-hydrogen) atoms. The van der Waals surface area contributed by atoms with E-state index < -0.39 is 30.0 Å². The number of fused-ring (bicyclic) bond motifs is 2. The van der Waals surface area contributed by atoms with Crippen LogP contribution in [0.1, 0.15) is 22.8 Å². The van der Waals surface area contributed by atoms with Crippen molar-refractivity contribution < 1.29 is 23.4 Å². The molecule has 1 unspecified atom stereocenters. The molecule has 1 saturated carbocycles. The van der Waals surface area contributed by atoms with Gasteiger partial charge in [0.15, 0.2) is 5.65 Å². The zero-order valence-electron chi connectivity index (χ0n) is 18.1. The molecule has 1 aliphatic carbocycles. The first-order valence-electron chi connectivity index (χ1n) is 10.8. The Balaban J connectivity index is 1.47. The smallest absolute Gasteiger partial charge is 0.270 e. The molecular formula is C22H21F2N7O3. The van der Waals surface area contributed by atoms with E-state index in [-0.39, 0.29) is 30.8 Å². The van der Waals surface area contributed by atoms with Gasteiger partial charge in [-0.25, -0.2) is 18.7 Å². The minimum atomic E-state index is -2.76. The van der Waals surface area contributed by atoms with Gasteiger partial charge in [-0.3, -0.25) is 4.79 Å². The normalized spacial score (nSPS) is 23.5. The van der Waals surface area contributed by atoms with Gasteiger partial charge in [-0.1, -0.05) is 0 Å². The molecule has 1 saturated heterocycles. The molecule has 4 aromatic rings. The Morgan fingerprint density at radius 3 is 2.85 bits per heavy atom. The summed E-state index contributed by atoms with van der Waals surface area (Å²) in [4.78, 5) is 22.0. The number of carbonyl (C=O) groups is 1. The Morgan fingerprint density at radius 2 is 2.15 bits per heavy atom. The first-order chi connectivity index (χ1) is 16.4. The van der Waals surface area contributed by atoms with Crippen molar-refractivity contribution in [2.24, 2.45) is 0 Å². The number of ether oxygens (including phenoxy) is 1. The zero-order chi connectivity index (χ0) is 23.6. The van der Waals surface area contributed by atoms with E-state index in [0.29, 0.717) is 28.1 Å². The summed E-state index contributed by atoms with van der Waals surface area (Å²) in [6.07, 6.45) is 3.59. The van der Waals surface area contributed by atoms with E-state index in [9.17, 15) is 18.7 Å². The van der Waals surface area contributed by atoms with E-state index in [2.05, 4.69) is 25.7 Å². The molecule has 2 fully saturated rings. The lowest BCUT2D eigenvalue weighted by Gasteiger charge is -2.14. The zero-order valence-corrected chi connectivity index (χ0v) is 18.1. The number of nitrogens with zero attached hydrogens (tertiary/aromatic N) is 5. The van der Waals surface area contributed by atoms with Gasteiger partial charge in [0.25, 0.3) is 11.8 Å². The number of nitrogens with one attached hydrogen (secondary N) is 2. The monoisotopic (exact) mass is 469 g/mol. The molecular weight excluding hydrogens is 448 g/mol. The maximum Gasteiger partial charge on any atom is 0.270 e. The number of anilines is 1. The van der Waals surface area contributed by atoms with Crippen molar-refractivity contribution >= 4 is 28.4 Å². The largest absolute Gasteiger partial charge is 0.388 e. The fourth-order valence-electron chi connectivity index (χ4n) is 4.39. The Morgan fingerprint density at radius 1 is 1.32 bits per heavy atom. The van der Waals surface area contributed by atoms with Crippen molar-refractivity contribution in [2.45, 2.75) is 30.5 Å². The summed E-state index contributed by atoms with van der Waals surface area (Å²) in [5, 5.41) is 20.7. The van der Waals surface area contributed by atoms with Gasteiger partial charge in [-0.05, 0) is 12.1 Å². The summed E-state index contributed by atoms with van der Waals surface area (Å²) >= 11 is 0. The number of carbonyl (C=O) groups excluding carboxylic acids is 1. The van der Waals surface area contributed by atoms with Gasteiger partial charge in [-0.15, -0.1) is 0 Å². The number of amides is 1. The van der Waals surface area contributed by atoms with Crippen LogP contribution in [0.4, 0.5) is 14.6 Å². The average molecular weight is 469 g/mol. The minimum absolute atomic E-state index is 0.157. The van der Waals surface area contributed by atoms with E-state index in [4.69, 9.17) is 4.74 Å². The lowest BCUT2D eigenvalue weighted by molar-refractivity contribution is 0.0887. The number of aromatic nitrogens is 5. The van der Waals surface area contributed by atoms with Gasteiger partial charge in [0, 0.05) is 42.9 Å². The summed E-state index contributed by atoms with van der Waals surface area (Å²) in [6, 6.07) is 3.82. The van der Waals surface area contributed by atoms with Gasteiger partial charge in [0.2, 0.25) is 0 Å². The molecule has 3 N–H and O–H groups in total. The van der Waals surface area contributed by atoms with Crippen LogP contribution in [0.3, 0.4) is 0 Å². The number of alkyl halides is 2. The first-order valence-corrected chi connectivity index (χ1v) is 10.8. The van der Waals surface area contributed by atoms with Gasteiger partial charge in [0.05, 0.1) is 37.3 Å². The minimum Gasteiger partial charge on any atom is -0.388 e. The maximum atomic E-state index is 13.9. The Kier molecular flexibility index (Phi) is 4.58. The van der Waals surface area contributed by atoms with Crippen molar-refractivity contribution in [1.82, 2.24) is 29.5 Å². The number of pyridine rings is 1. The van der Waals surface area contributed by atoms with E-state index in [1.165, 1.54) is 15.3 Å². The summed E-state index contributed by atoms with van der Waals surface area (Å²) in [6.45, 7) is 0.370. The van der Waals surface area contributed by atoms with E-state index in [0.717, 1.165) is 0 Å².